The van der Waals surface area contributed by atoms with Gasteiger partial charge in [0.05, 0.1) is 10.9 Å². The Kier molecular flexibility index (Phi) is 6.30. The normalized spacial score (nSPS) is 13.4. The summed E-state index contributed by atoms with van der Waals surface area (Å²) >= 11 is 8.68. The molecule has 4 aromatic heterocycles. The predicted octanol–water partition coefficient (Wildman–Crippen LogP) is 3.88. The Morgan fingerprint density at radius 2 is 2.20 bits per heavy atom. The topological polar surface area (TPSA) is 92.9 Å². The van der Waals surface area contributed by atoms with Crippen LogP contribution in [-0.2, 0) is 4.79 Å². The molecule has 0 radical (unpaired) electrons. The van der Waals surface area contributed by atoms with E-state index in [9.17, 15) is 4.79 Å². The van der Waals surface area contributed by atoms with Crippen molar-refractivity contribution in [1.82, 2.24) is 34.7 Å². The minimum absolute atomic E-state index is 0.149. The Labute approximate surface area is 186 Å². The molecule has 4 rings (SSSR count). The van der Waals surface area contributed by atoms with Gasteiger partial charge in [-0.25, -0.2) is 0 Å². The third-order valence-electron chi connectivity index (χ3n) is 4.79. The Hall–Kier alpha value is -2.50. The number of pyridine rings is 1. The van der Waals surface area contributed by atoms with Gasteiger partial charge in [-0.1, -0.05) is 12.1 Å². The van der Waals surface area contributed by atoms with Crippen LogP contribution in [0, 0.1) is 4.77 Å². The molecule has 0 aromatic carbocycles. The van der Waals surface area contributed by atoms with E-state index >= 15 is 0 Å². The summed E-state index contributed by atoms with van der Waals surface area (Å²) in [5.41, 5.74) is 0.751. The molecule has 0 aliphatic carbocycles. The molecule has 0 fully saturated rings. The minimum atomic E-state index is -0.538. The van der Waals surface area contributed by atoms with Crippen molar-refractivity contribution in [3.63, 3.8) is 0 Å². The summed E-state index contributed by atoms with van der Waals surface area (Å²) < 4.78 is 4.08. The molecule has 0 saturated carbocycles. The van der Waals surface area contributed by atoms with E-state index in [1.807, 2.05) is 59.5 Å². The highest BCUT2D eigenvalue weighted by Crippen LogP contribution is 2.26. The van der Waals surface area contributed by atoms with Crippen LogP contribution in [0.15, 0.2) is 41.9 Å². The Morgan fingerprint density at radius 1 is 1.33 bits per heavy atom. The zero-order valence-corrected chi connectivity index (χ0v) is 18.9. The van der Waals surface area contributed by atoms with Crippen molar-refractivity contribution in [3.05, 3.63) is 52.5 Å². The number of thioether (sulfide) groups is 1. The van der Waals surface area contributed by atoms with Gasteiger partial charge in [0.2, 0.25) is 5.91 Å². The molecule has 8 nitrogen and oxygen atoms in total. The maximum atomic E-state index is 13.2. The van der Waals surface area contributed by atoms with Gasteiger partial charge in [0.1, 0.15) is 6.04 Å². The molecule has 0 aliphatic rings. The maximum absolute atomic E-state index is 13.2. The molecule has 0 aliphatic heterocycles. The van der Waals surface area contributed by atoms with E-state index < -0.39 is 6.04 Å². The molecular formula is C19H21N7OS3. The van der Waals surface area contributed by atoms with Crippen molar-refractivity contribution in [1.29, 1.82) is 0 Å². The number of H-pyrrole nitrogens is 1. The van der Waals surface area contributed by atoms with Gasteiger partial charge < -0.3 is 5.32 Å². The molecule has 4 aromatic rings. The fourth-order valence-electron chi connectivity index (χ4n) is 3.25. The van der Waals surface area contributed by atoms with Crippen LogP contribution in [0.25, 0.3) is 16.3 Å². The van der Waals surface area contributed by atoms with Crippen molar-refractivity contribution in [3.8, 4) is 10.7 Å². The fourth-order valence-corrected chi connectivity index (χ4v) is 4.72. The molecule has 0 spiro atoms. The summed E-state index contributed by atoms with van der Waals surface area (Å²) in [6.07, 6.45) is 4.69. The van der Waals surface area contributed by atoms with Gasteiger partial charge in [-0.3, -0.25) is 18.9 Å². The first-order chi connectivity index (χ1) is 14.6. The number of carbonyl (C=O) groups excluding carboxylic acids is 1. The Morgan fingerprint density at radius 3 is 2.97 bits per heavy atom. The first-order valence-electron chi connectivity index (χ1n) is 9.40. The molecule has 156 valence electrons. The largest absolute Gasteiger partial charge is 0.344 e. The number of aromatic amines is 1. The highest BCUT2D eigenvalue weighted by atomic mass is 32.2. The van der Waals surface area contributed by atoms with E-state index in [4.69, 9.17) is 12.2 Å². The van der Waals surface area contributed by atoms with Crippen molar-refractivity contribution < 1.29 is 4.79 Å². The van der Waals surface area contributed by atoms with Gasteiger partial charge in [0.25, 0.3) is 0 Å². The van der Waals surface area contributed by atoms with Crippen LogP contribution in [-0.4, -0.2) is 47.3 Å². The molecular weight excluding hydrogens is 438 g/mol. The van der Waals surface area contributed by atoms with Crippen LogP contribution in [0.3, 0.4) is 0 Å². The fraction of sp³-hybridized carbons (Fsp3) is 0.316. The minimum Gasteiger partial charge on any atom is -0.344 e. The molecule has 1 amide bonds. The van der Waals surface area contributed by atoms with Crippen molar-refractivity contribution in [2.75, 3.05) is 12.0 Å². The number of aromatic nitrogens is 6. The number of hydrogen-bond acceptors (Lipinski definition) is 7. The van der Waals surface area contributed by atoms with E-state index in [0.717, 1.165) is 28.5 Å². The molecule has 2 unspecified atom stereocenters. The van der Waals surface area contributed by atoms with Gasteiger partial charge in [0, 0.05) is 6.20 Å². The number of carbonyl (C=O) groups is 1. The zero-order valence-electron chi connectivity index (χ0n) is 16.5. The highest BCUT2D eigenvalue weighted by Gasteiger charge is 2.26. The molecule has 4 heterocycles. The van der Waals surface area contributed by atoms with Gasteiger partial charge in [-0.2, -0.15) is 16.9 Å². The van der Waals surface area contributed by atoms with Gasteiger partial charge in [-0.15, -0.1) is 21.5 Å². The number of amides is 1. The van der Waals surface area contributed by atoms with E-state index in [1.165, 1.54) is 0 Å². The molecule has 2 N–H and O–H groups in total. The quantitative estimate of drug-likeness (QED) is 0.389. The van der Waals surface area contributed by atoms with Crippen LogP contribution in [0.4, 0.5) is 0 Å². The second-order valence-corrected chi connectivity index (χ2v) is 9.03. The monoisotopic (exact) mass is 459 g/mol. The predicted molar refractivity (Wildman–Crippen MR) is 122 cm³/mol. The average molecular weight is 460 g/mol. The van der Waals surface area contributed by atoms with Crippen LogP contribution < -0.4 is 5.32 Å². The number of hydrogen-bond donors (Lipinski definition) is 2. The van der Waals surface area contributed by atoms with E-state index in [-0.39, 0.29) is 11.9 Å². The van der Waals surface area contributed by atoms with Gasteiger partial charge in [0.15, 0.2) is 22.1 Å². The van der Waals surface area contributed by atoms with Gasteiger partial charge in [-0.05, 0) is 61.2 Å². The van der Waals surface area contributed by atoms with Crippen molar-refractivity contribution >= 4 is 46.9 Å². The Balaban J connectivity index is 1.62. The average Bonchev–Trinajstić information content (AvgIpc) is 3.49. The second-order valence-electron chi connectivity index (χ2n) is 6.71. The number of thiophene rings is 1. The molecule has 30 heavy (non-hydrogen) atoms. The van der Waals surface area contributed by atoms with E-state index in [2.05, 4.69) is 25.7 Å². The number of rotatable bonds is 8. The van der Waals surface area contributed by atoms with Crippen LogP contribution in [0.1, 0.15) is 31.3 Å². The third kappa shape index (κ3) is 4.05. The van der Waals surface area contributed by atoms with Crippen LogP contribution in [0.5, 0.6) is 0 Å². The highest BCUT2D eigenvalue weighted by molar-refractivity contribution is 7.98. The summed E-state index contributed by atoms with van der Waals surface area (Å²) in [5.74, 6) is 2.11. The van der Waals surface area contributed by atoms with Crippen LogP contribution in [0.2, 0.25) is 0 Å². The number of nitrogens with zero attached hydrogens (tertiary/aromatic N) is 5. The molecule has 0 bridgehead atoms. The lowest BCUT2D eigenvalue weighted by Gasteiger charge is -2.21. The molecule has 0 saturated heterocycles. The summed E-state index contributed by atoms with van der Waals surface area (Å²) in [7, 11) is 0. The van der Waals surface area contributed by atoms with Crippen LogP contribution >= 0.6 is 35.3 Å². The van der Waals surface area contributed by atoms with E-state index in [1.54, 1.807) is 27.7 Å². The first-order valence-corrected chi connectivity index (χ1v) is 12.1. The Bertz CT molecular complexity index is 1190. The van der Waals surface area contributed by atoms with Gasteiger partial charge >= 0.3 is 0 Å². The molecule has 11 heteroatoms. The summed E-state index contributed by atoms with van der Waals surface area (Å²) in [6, 6.07) is 8.83. The SMILES string of the molecule is CSCCC(NC(=O)C(C)n1c(-c2cccs2)n[nH]c1=S)c1nnc2ccccn12. The maximum Gasteiger partial charge on any atom is 0.243 e. The van der Waals surface area contributed by atoms with Crippen molar-refractivity contribution in [2.24, 2.45) is 0 Å². The summed E-state index contributed by atoms with van der Waals surface area (Å²) in [4.78, 5) is 14.2. The summed E-state index contributed by atoms with van der Waals surface area (Å²) in [6.45, 7) is 1.82. The molecule has 2 atom stereocenters. The smallest absolute Gasteiger partial charge is 0.243 e. The number of nitrogens with one attached hydrogen (secondary N) is 2. The van der Waals surface area contributed by atoms with E-state index in [0.29, 0.717) is 10.6 Å². The lowest BCUT2D eigenvalue weighted by Crippen LogP contribution is -2.35. The summed E-state index contributed by atoms with van der Waals surface area (Å²) in [5, 5.41) is 20.8. The standard InChI is InChI=1S/C19H21N7OS3/c1-12(26-17(23-24-19(26)28)14-6-5-10-30-14)18(27)20-13(8-11-29-2)16-22-21-15-7-3-4-9-25(15)16/h3-7,9-10,12-13H,8,11H2,1-2H3,(H,20,27)(H,24,28). The first kappa shape index (κ1) is 20.8. The lowest BCUT2D eigenvalue weighted by atomic mass is 10.2. The third-order valence-corrected chi connectivity index (χ3v) is 6.59. The zero-order chi connectivity index (χ0) is 21.1. The van der Waals surface area contributed by atoms with Crippen molar-refractivity contribution in [2.45, 2.75) is 25.4 Å². The second kappa shape index (κ2) is 9.11. The lowest BCUT2D eigenvalue weighted by molar-refractivity contribution is -0.124. The number of fused-ring (bicyclic) bond motifs is 1.